The molecule has 0 aliphatic carbocycles. The highest BCUT2D eigenvalue weighted by Gasteiger charge is 2.29. The van der Waals surface area contributed by atoms with Crippen LogP contribution in [0.3, 0.4) is 0 Å². The van der Waals surface area contributed by atoms with Gasteiger partial charge in [-0.1, -0.05) is 66.2 Å². The van der Waals surface area contributed by atoms with Gasteiger partial charge in [0.25, 0.3) is 0 Å². The van der Waals surface area contributed by atoms with Gasteiger partial charge in [0.15, 0.2) is 5.78 Å². The lowest BCUT2D eigenvalue weighted by atomic mass is 9.92. The molecule has 3 heteroatoms. The van der Waals surface area contributed by atoms with Crippen molar-refractivity contribution in [3.05, 3.63) is 107 Å². The maximum atomic E-state index is 12.8. The van der Waals surface area contributed by atoms with Crippen LogP contribution in [-0.2, 0) is 0 Å². The standard InChI is InChI=1S/C23H22N2O/c1-16-9-11-18(12-10-16)23(26)21-14-13-20(25-21)22(19-8-5-15-24-19)17-6-3-2-4-7-17/h2-13,15,21-22,24-25H,14H2,1H3. The first-order valence-electron chi connectivity index (χ1n) is 8.98. The molecule has 1 aliphatic heterocycles. The molecule has 0 bridgehead atoms. The highest BCUT2D eigenvalue weighted by molar-refractivity contribution is 6.00. The molecule has 0 saturated heterocycles. The summed E-state index contributed by atoms with van der Waals surface area (Å²) in [6.07, 6.45) is 4.82. The number of aromatic amines is 1. The van der Waals surface area contributed by atoms with Crippen molar-refractivity contribution >= 4 is 5.78 Å². The molecule has 2 aromatic carbocycles. The van der Waals surface area contributed by atoms with Crippen molar-refractivity contribution in [1.29, 1.82) is 0 Å². The summed E-state index contributed by atoms with van der Waals surface area (Å²) in [6.45, 7) is 2.03. The Bertz CT molecular complexity index is 909. The second-order valence-electron chi connectivity index (χ2n) is 6.79. The number of rotatable bonds is 5. The van der Waals surface area contributed by atoms with Gasteiger partial charge in [-0.05, 0) is 31.0 Å². The third kappa shape index (κ3) is 3.21. The van der Waals surface area contributed by atoms with Crippen molar-refractivity contribution in [2.75, 3.05) is 0 Å². The van der Waals surface area contributed by atoms with Crippen LogP contribution in [0.4, 0.5) is 0 Å². The van der Waals surface area contributed by atoms with Crippen LogP contribution in [0.15, 0.2) is 84.7 Å². The van der Waals surface area contributed by atoms with Crippen molar-refractivity contribution in [1.82, 2.24) is 10.3 Å². The van der Waals surface area contributed by atoms with E-state index in [1.165, 1.54) is 5.56 Å². The van der Waals surface area contributed by atoms with E-state index in [1.807, 2.05) is 49.5 Å². The predicted molar refractivity (Wildman–Crippen MR) is 104 cm³/mol. The molecule has 2 N–H and O–H groups in total. The van der Waals surface area contributed by atoms with E-state index in [1.54, 1.807) is 0 Å². The maximum absolute atomic E-state index is 12.8. The monoisotopic (exact) mass is 342 g/mol. The smallest absolute Gasteiger partial charge is 0.185 e. The van der Waals surface area contributed by atoms with Gasteiger partial charge >= 0.3 is 0 Å². The summed E-state index contributed by atoms with van der Waals surface area (Å²) >= 11 is 0. The normalized spacial score (nSPS) is 17.4. The van der Waals surface area contributed by atoms with Gasteiger partial charge in [-0.15, -0.1) is 0 Å². The number of allylic oxidation sites excluding steroid dienone is 1. The van der Waals surface area contributed by atoms with E-state index >= 15 is 0 Å². The van der Waals surface area contributed by atoms with Gasteiger partial charge in [-0.25, -0.2) is 0 Å². The Hall–Kier alpha value is -3.07. The Labute approximate surface area is 153 Å². The third-order valence-electron chi connectivity index (χ3n) is 4.94. The Morgan fingerprint density at radius 2 is 1.77 bits per heavy atom. The third-order valence-corrected chi connectivity index (χ3v) is 4.94. The topological polar surface area (TPSA) is 44.9 Å². The second-order valence-corrected chi connectivity index (χ2v) is 6.79. The zero-order valence-corrected chi connectivity index (χ0v) is 14.8. The largest absolute Gasteiger partial charge is 0.377 e. The lowest BCUT2D eigenvalue weighted by Crippen LogP contribution is -2.33. The molecule has 0 amide bonds. The van der Waals surface area contributed by atoms with Gasteiger partial charge in [0.2, 0.25) is 0 Å². The molecule has 0 saturated carbocycles. The molecular weight excluding hydrogens is 320 g/mol. The van der Waals surface area contributed by atoms with Crippen molar-refractivity contribution in [3.8, 4) is 0 Å². The van der Waals surface area contributed by atoms with Gasteiger partial charge in [-0.3, -0.25) is 4.79 Å². The molecule has 26 heavy (non-hydrogen) atoms. The number of aryl methyl sites for hydroxylation is 1. The Morgan fingerprint density at radius 1 is 1.00 bits per heavy atom. The summed E-state index contributed by atoms with van der Waals surface area (Å²) in [5, 5.41) is 3.48. The van der Waals surface area contributed by atoms with Crippen LogP contribution in [0.1, 0.15) is 39.5 Å². The highest BCUT2D eigenvalue weighted by Crippen LogP contribution is 2.33. The SMILES string of the molecule is Cc1ccc(C(=O)C2CC=C(C(c3ccccc3)c3ccc[nH]3)N2)cc1. The van der Waals surface area contributed by atoms with Crippen LogP contribution in [0.5, 0.6) is 0 Å². The predicted octanol–water partition coefficient (Wildman–Crippen LogP) is 4.58. The Balaban J connectivity index is 1.57. The number of Topliss-reactive ketones (excluding diaryl/α,β-unsaturated/α-hetero) is 1. The van der Waals surface area contributed by atoms with E-state index in [9.17, 15) is 4.79 Å². The summed E-state index contributed by atoms with van der Waals surface area (Å²) in [7, 11) is 0. The second kappa shape index (κ2) is 7.04. The Morgan fingerprint density at radius 3 is 2.46 bits per heavy atom. The minimum Gasteiger partial charge on any atom is -0.377 e. The van der Waals surface area contributed by atoms with Crippen LogP contribution in [-0.4, -0.2) is 16.8 Å². The summed E-state index contributed by atoms with van der Waals surface area (Å²) in [4.78, 5) is 16.2. The van der Waals surface area contributed by atoms with E-state index in [2.05, 4.69) is 46.7 Å². The first kappa shape index (κ1) is 16.4. The number of H-pyrrole nitrogens is 1. The van der Waals surface area contributed by atoms with E-state index in [4.69, 9.17) is 0 Å². The number of nitrogens with one attached hydrogen (secondary N) is 2. The molecule has 2 heterocycles. The van der Waals surface area contributed by atoms with E-state index in [-0.39, 0.29) is 17.7 Å². The first-order valence-corrected chi connectivity index (χ1v) is 8.98. The molecule has 1 aliphatic rings. The highest BCUT2D eigenvalue weighted by atomic mass is 16.1. The van der Waals surface area contributed by atoms with Crippen molar-refractivity contribution < 1.29 is 4.79 Å². The molecule has 4 rings (SSSR count). The number of carbonyl (C=O) groups excluding carboxylic acids is 1. The lowest BCUT2D eigenvalue weighted by Gasteiger charge is -2.21. The molecule has 0 spiro atoms. The van der Waals surface area contributed by atoms with Crippen LogP contribution in [0.25, 0.3) is 0 Å². The number of benzene rings is 2. The van der Waals surface area contributed by atoms with Gasteiger partial charge in [0, 0.05) is 23.2 Å². The summed E-state index contributed by atoms with van der Waals surface area (Å²) in [6, 6.07) is 22.1. The summed E-state index contributed by atoms with van der Waals surface area (Å²) in [5.74, 6) is 0.233. The number of hydrogen-bond acceptors (Lipinski definition) is 2. The van der Waals surface area contributed by atoms with Crippen LogP contribution in [0.2, 0.25) is 0 Å². The molecule has 3 aromatic rings. The average molecular weight is 342 g/mol. The van der Waals surface area contributed by atoms with Crippen LogP contribution >= 0.6 is 0 Å². The molecule has 1 aromatic heterocycles. The fourth-order valence-corrected chi connectivity index (χ4v) is 3.55. The summed E-state index contributed by atoms with van der Waals surface area (Å²) in [5.41, 5.74) is 5.34. The lowest BCUT2D eigenvalue weighted by molar-refractivity contribution is 0.0953. The number of aromatic nitrogens is 1. The zero-order chi connectivity index (χ0) is 17.9. The molecule has 2 unspecified atom stereocenters. The van der Waals surface area contributed by atoms with E-state index in [0.717, 1.165) is 22.5 Å². The van der Waals surface area contributed by atoms with Gasteiger partial charge in [0.1, 0.15) is 0 Å². The molecule has 3 nitrogen and oxygen atoms in total. The van der Waals surface area contributed by atoms with Crippen LogP contribution in [0, 0.1) is 6.92 Å². The van der Waals surface area contributed by atoms with Gasteiger partial charge in [0.05, 0.1) is 12.0 Å². The van der Waals surface area contributed by atoms with Gasteiger partial charge < -0.3 is 10.3 Å². The van der Waals surface area contributed by atoms with Gasteiger partial charge in [-0.2, -0.15) is 0 Å². The first-order chi connectivity index (χ1) is 12.7. The molecular formula is C23H22N2O. The molecule has 0 fully saturated rings. The maximum Gasteiger partial charge on any atom is 0.185 e. The number of hydrogen-bond donors (Lipinski definition) is 2. The van der Waals surface area contributed by atoms with E-state index < -0.39 is 0 Å². The molecule has 0 radical (unpaired) electrons. The van der Waals surface area contributed by atoms with Crippen molar-refractivity contribution in [2.24, 2.45) is 0 Å². The number of ketones is 1. The van der Waals surface area contributed by atoms with Crippen molar-refractivity contribution in [3.63, 3.8) is 0 Å². The number of carbonyl (C=O) groups is 1. The minimum absolute atomic E-state index is 0.0852. The average Bonchev–Trinajstić information content (AvgIpc) is 3.36. The molecule has 130 valence electrons. The Kier molecular flexibility index (Phi) is 4.44. The zero-order valence-electron chi connectivity index (χ0n) is 14.8. The van der Waals surface area contributed by atoms with Crippen LogP contribution < -0.4 is 5.32 Å². The quantitative estimate of drug-likeness (QED) is 0.667. The summed E-state index contributed by atoms with van der Waals surface area (Å²) < 4.78 is 0. The fraction of sp³-hybridized carbons (Fsp3) is 0.174. The molecule has 2 atom stereocenters. The minimum atomic E-state index is -0.200. The van der Waals surface area contributed by atoms with Crippen molar-refractivity contribution in [2.45, 2.75) is 25.3 Å². The fourth-order valence-electron chi connectivity index (χ4n) is 3.55. The van der Waals surface area contributed by atoms with E-state index in [0.29, 0.717) is 6.42 Å².